The molecule has 0 aliphatic rings. The maximum absolute atomic E-state index is 12.1. The first-order valence-corrected chi connectivity index (χ1v) is 10.2. The van der Waals surface area contributed by atoms with Crippen LogP contribution in [0.4, 0.5) is 5.13 Å². The number of aromatic nitrogens is 5. The number of nitrogens with one attached hydrogen (secondary N) is 1. The first kappa shape index (κ1) is 19.5. The highest BCUT2D eigenvalue weighted by molar-refractivity contribution is 7.99. The van der Waals surface area contributed by atoms with Gasteiger partial charge in [-0.15, -0.1) is 27.0 Å². The number of carbonyl (C=O) groups excluding carboxylic acids is 1. The molecule has 2 aromatic heterocycles. The fourth-order valence-electron chi connectivity index (χ4n) is 2.29. The third-order valence-corrected chi connectivity index (χ3v) is 5.46. The standard InChI is InChI=1S/C17H17ClN6OS2/c1-3-8-24-14(9-12-4-6-13(18)7-5-12)21-23-17(24)26-10-15(25)19-16-22-20-11(2)27-16/h3-7H,1,8-10H2,2H3,(H,19,22,25). The predicted molar refractivity (Wildman–Crippen MR) is 108 cm³/mol. The summed E-state index contributed by atoms with van der Waals surface area (Å²) in [6, 6.07) is 7.61. The van der Waals surface area contributed by atoms with Crippen LogP contribution < -0.4 is 5.32 Å². The molecule has 0 radical (unpaired) electrons. The molecule has 3 rings (SSSR count). The third kappa shape index (κ3) is 5.38. The summed E-state index contributed by atoms with van der Waals surface area (Å²) in [6.45, 7) is 6.19. The van der Waals surface area contributed by atoms with Crippen molar-refractivity contribution in [2.75, 3.05) is 11.1 Å². The van der Waals surface area contributed by atoms with Crippen LogP contribution in [0.25, 0.3) is 0 Å². The van der Waals surface area contributed by atoms with Gasteiger partial charge in [-0.2, -0.15) is 0 Å². The number of thioether (sulfide) groups is 1. The summed E-state index contributed by atoms with van der Waals surface area (Å²) < 4.78 is 1.95. The van der Waals surface area contributed by atoms with Crippen LogP contribution in [-0.4, -0.2) is 36.6 Å². The molecule has 140 valence electrons. The van der Waals surface area contributed by atoms with E-state index in [1.807, 2.05) is 35.8 Å². The maximum atomic E-state index is 12.1. The molecule has 0 saturated carbocycles. The van der Waals surface area contributed by atoms with Crippen molar-refractivity contribution >= 4 is 45.7 Å². The number of amides is 1. The molecule has 0 bridgehead atoms. The minimum Gasteiger partial charge on any atom is -0.302 e. The van der Waals surface area contributed by atoms with E-state index in [9.17, 15) is 4.79 Å². The minimum atomic E-state index is -0.163. The molecule has 27 heavy (non-hydrogen) atoms. The zero-order valence-corrected chi connectivity index (χ0v) is 16.9. The first-order valence-electron chi connectivity index (χ1n) is 8.05. The Morgan fingerprint density at radius 3 is 2.74 bits per heavy atom. The molecule has 0 spiro atoms. The van der Waals surface area contributed by atoms with Crippen molar-refractivity contribution in [1.29, 1.82) is 0 Å². The minimum absolute atomic E-state index is 0.163. The second-order valence-electron chi connectivity index (χ2n) is 5.56. The van der Waals surface area contributed by atoms with Gasteiger partial charge in [-0.3, -0.25) is 10.1 Å². The molecule has 0 saturated heterocycles. The van der Waals surface area contributed by atoms with Crippen LogP contribution in [0.15, 0.2) is 42.1 Å². The Balaban J connectivity index is 1.66. The molecule has 0 aliphatic heterocycles. The second kappa shape index (κ2) is 9.12. The molecule has 3 aromatic rings. The number of aryl methyl sites for hydroxylation is 1. The number of allylic oxidation sites excluding steroid dienone is 1. The average Bonchev–Trinajstić information content (AvgIpc) is 3.22. The van der Waals surface area contributed by atoms with E-state index in [0.29, 0.717) is 28.3 Å². The highest BCUT2D eigenvalue weighted by Gasteiger charge is 2.15. The summed E-state index contributed by atoms with van der Waals surface area (Å²) >= 11 is 8.59. The number of carbonyl (C=O) groups is 1. The second-order valence-corrected chi connectivity index (χ2v) is 8.12. The summed E-state index contributed by atoms with van der Waals surface area (Å²) in [5.74, 6) is 0.845. The molecule has 1 N–H and O–H groups in total. The highest BCUT2D eigenvalue weighted by atomic mass is 35.5. The van der Waals surface area contributed by atoms with Crippen LogP contribution in [0.2, 0.25) is 5.02 Å². The van der Waals surface area contributed by atoms with Gasteiger partial charge in [0.1, 0.15) is 10.8 Å². The van der Waals surface area contributed by atoms with Crippen molar-refractivity contribution in [1.82, 2.24) is 25.0 Å². The highest BCUT2D eigenvalue weighted by Crippen LogP contribution is 2.21. The molecule has 10 heteroatoms. The zero-order valence-electron chi connectivity index (χ0n) is 14.6. The Bertz CT molecular complexity index is 937. The quantitative estimate of drug-likeness (QED) is 0.442. The number of benzene rings is 1. The maximum Gasteiger partial charge on any atom is 0.236 e. The van der Waals surface area contributed by atoms with Crippen LogP contribution in [0, 0.1) is 6.92 Å². The van der Waals surface area contributed by atoms with Crippen molar-refractivity contribution < 1.29 is 4.79 Å². The molecule has 2 heterocycles. The largest absolute Gasteiger partial charge is 0.302 e. The molecule has 7 nitrogen and oxygen atoms in total. The lowest BCUT2D eigenvalue weighted by atomic mass is 10.1. The van der Waals surface area contributed by atoms with E-state index in [-0.39, 0.29) is 11.7 Å². The van der Waals surface area contributed by atoms with Crippen LogP contribution in [0.5, 0.6) is 0 Å². The number of rotatable bonds is 8. The van der Waals surface area contributed by atoms with Gasteiger partial charge in [0.05, 0.1) is 5.75 Å². The Kier molecular flexibility index (Phi) is 6.59. The van der Waals surface area contributed by atoms with Crippen LogP contribution >= 0.6 is 34.7 Å². The lowest BCUT2D eigenvalue weighted by Crippen LogP contribution is -2.14. The van der Waals surface area contributed by atoms with Crippen molar-refractivity contribution in [2.45, 2.75) is 25.0 Å². The van der Waals surface area contributed by atoms with Gasteiger partial charge < -0.3 is 4.57 Å². The van der Waals surface area contributed by atoms with Crippen molar-refractivity contribution in [3.8, 4) is 0 Å². The Labute approximate surface area is 169 Å². The zero-order chi connectivity index (χ0) is 19.2. The average molecular weight is 421 g/mol. The smallest absolute Gasteiger partial charge is 0.236 e. The lowest BCUT2D eigenvalue weighted by molar-refractivity contribution is -0.113. The van der Waals surface area contributed by atoms with E-state index in [1.54, 1.807) is 6.08 Å². The Hall–Kier alpha value is -2.23. The van der Waals surface area contributed by atoms with E-state index >= 15 is 0 Å². The van der Waals surface area contributed by atoms with Crippen molar-refractivity contribution in [3.05, 3.63) is 58.3 Å². The van der Waals surface area contributed by atoms with Crippen molar-refractivity contribution in [2.24, 2.45) is 0 Å². The fraction of sp³-hybridized carbons (Fsp3) is 0.235. The number of halogens is 1. The molecular weight excluding hydrogens is 404 g/mol. The molecule has 0 atom stereocenters. The van der Waals surface area contributed by atoms with E-state index in [0.717, 1.165) is 16.4 Å². The van der Waals surface area contributed by atoms with Gasteiger partial charge >= 0.3 is 0 Å². The summed E-state index contributed by atoms with van der Waals surface area (Å²) in [7, 11) is 0. The lowest BCUT2D eigenvalue weighted by Gasteiger charge is -2.08. The molecular formula is C17H17ClN6OS2. The Morgan fingerprint density at radius 1 is 1.30 bits per heavy atom. The van der Waals surface area contributed by atoms with E-state index in [1.165, 1.54) is 23.1 Å². The van der Waals surface area contributed by atoms with Gasteiger partial charge in [0.2, 0.25) is 11.0 Å². The molecule has 1 amide bonds. The third-order valence-electron chi connectivity index (χ3n) is 3.49. The van der Waals surface area contributed by atoms with E-state index in [4.69, 9.17) is 11.6 Å². The van der Waals surface area contributed by atoms with Crippen molar-refractivity contribution in [3.63, 3.8) is 0 Å². The SMILES string of the molecule is C=CCn1c(Cc2ccc(Cl)cc2)nnc1SCC(=O)Nc1nnc(C)s1. The van der Waals surface area contributed by atoms with Gasteiger partial charge in [-0.1, -0.05) is 52.9 Å². The number of anilines is 1. The van der Waals surface area contributed by atoms with Gasteiger partial charge in [0.25, 0.3) is 0 Å². The van der Waals surface area contributed by atoms with Gasteiger partial charge in [-0.05, 0) is 24.6 Å². The number of nitrogens with zero attached hydrogens (tertiary/aromatic N) is 5. The summed E-state index contributed by atoms with van der Waals surface area (Å²) in [5.41, 5.74) is 1.08. The van der Waals surface area contributed by atoms with Gasteiger partial charge in [0.15, 0.2) is 5.16 Å². The van der Waals surface area contributed by atoms with E-state index in [2.05, 4.69) is 32.3 Å². The number of hydrogen-bond acceptors (Lipinski definition) is 7. The first-order chi connectivity index (χ1) is 13.0. The Morgan fingerprint density at radius 2 is 2.07 bits per heavy atom. The topological polar surface area (TPSA) is 85.6 Å². The fourth-order valence-corrected chi connectivity index (χ4v) is 3.79. The molecule has 0 fully saturated rings. The summed E-state index contributed by atoms with van der Waals surface area (Å²) in [4.78, 5) is 12.1. The monoisotopic (exact) mass is 420 g/mol. The van der Waals surface area contributed by atoms with Crippen LogP contribution in [0.3, 0.4) is 0 Å². The van der Waals surface area contributed by atoms with Crippen LogP contribution in [-0.2, 0) is 17.8 Å². The van der Waals surface area contributed by atoms with Gasteiger partial charge in [0, 0.05) is 18.0 Å². The van der Waals surface area contributed by atoms with Crippen LogP contribution in [0.1, 0.15) is 16.4 Å². The molecule has 1 aromatic carbocycles. The van der Waals surface area contributed by atoms with Gasteiger partial charge in [-0.25, -0.2) is 0 Å². The number of hydrogen-bond donors (Lipinski definition) is 1. The molecule has 0 unspecified atom stereocenters. The molecule has 0 aliphatic carbocycles. The predicted octanol–water partition coefficient (Wildman–Crippen LogP) is 3.60. The normalized spacial score (nSPS) is 10.7. The summed E-state index contributed by atoms with van der Waals surface area (Å²) in [5, 5.41) is 21.7. The van der Waals surface area contributed by atoms with E-state index < -0.39 is 0 Å². The summed E-state index contributed by atoms with van der Waals surface area (Å²) in [6.07, 6.45) is 2.40.